The van der Waals surface area contributed by atoms with Crippen LogP contribution in [0.3, 0.4) is 0 Å². The Morgan fingerprint density at radius 2 is 2.21 bits per heavy atom. The highest BCUT2D eigenvalue weighted by atomic mass is 15.2. The molecule has 3 rings (SSSR count). The Balaban J connectivity index is 1.72. The minimum absolute atomic E-state index is 0.702. The van der Waals surface area contributed by atoms with Crippen molar-refractivity contribution in [3.8, 4) is 0 Å². The second-order valence-electron chi connectivity index (χ2n) is 4.81. The Bertz CT molecular complexity index is 321. The van der Waals surface area contributed by atoms with Gasteiger partial charge in [-0.3, -0.25) is 0 Å². The van der Waals surface area contributed by atoms with Crippen molar-refractivity contribution in [1.29, 1.82) is 0 Å². The molecule has 0 spiro atoms. The van der Waals surface area contributed by atoms with Gasteiger partial charge in [0.25, 0.3) is 0 Å². The second kappa shape index (κ2) is 3.01. The Kier molecular flexibility index (Phi) is 1.79. The summed E-state index contributed by atoms with van der Waals surface area (Å²) in [6.07, 6.45) is 9.28. The van der Waals surface area contributed by atoms with Crippen LogP contribution in [0.25, 0.3) is 0 Å². The third kappa shape index (κ3) is 1.41. The van der Waals surface area contributed by atoms with Gasteiger partial charge in [-0.2, -0.15) is 0 Å². The fourth-order valence-corrected chi connectivity index (χ4v) is 2.22. The van der Waals surface area contributed by atoms with Crippen molar-refractivity contribution in [2.45, 2.75) is 44.7 Å². The van der Waals surface area contributed by atoms with Crippen LogP contribution in [0.15, 0.2) is 12.4 Å². The van der Waals surface area contributed by atoms with Gasteiger partial charge in [0.1, 0.15) is 0 Å². The maximum atomic E-state index is 4.38. The summed E-state index contributed by atoms with van der Waals surface area (Å²) in [6, 6.07) is 1.40. The van der Waals surface area contributed by atoms with Gasteiger partial charge in [-0.05, 0) is 31.6 Å². The van der Waals surface area contributed by atoms with E-state index in [1.54, 1.807) is 0 Å². The average Bonchev–Trinajstić information content (AvgIpc) is 2.79. The zero-order chi connectivity index (χ0) is 9.54. The van der Waals surface area contributed by atoms with Crippen molar-refractivity contribution in [1.82, 2.24) is 9.55 Å². The summed E-state index contributed by atoms with van der Waals surface area (Å²) >= 11 is 0. The first-order valence-electron chi connectivity index (χ1n) is 5.62. The summed E-state index contributed by atoms with van der Waals surface area (Å²) in [5.41, 5.74) is 0. The molecule has 0 amide bonds. The topological polar surface area (TPSA) is 29.9 Å². The summed E-state index contributed by atoms with van der Waals surface area (Å²) < 4.78 is 2.32. The van der Waals surface area contributed by atoms with E-state index in [4.69, 9.17) is 0 Å². The quantitative estimate of drug-likeness (QED) is 0.795. The van der Waals surface area contributed by atoms with Crippen LogP contribution in [0.5, 0.6) is 0 Å². The largest absolute Gasteiger partial charge is 0.353 e. The molecule has 1 aromatic rings. The number of aromatic nitrogens is 2. The molecular weight excluding hydrogens is 174 g/mol. The maximum Gasteiger partial charge on any atom is 0.203 e. The van der Waals surface area contributed by atoms with Crippen LogP contribution >= 0.6 is 0 Å². The number of imidazole rings is 1. The molecule has 1 N–H and O–H groups in total. The number of nitrogens with one attached hydrogen (secondary N) is 1. The highest BCUT2D eigenvalue weighted by molar-refractivity contribution is 5.30. The lowest BCUT2D eigenvalue weighted by Crippen LogP contribution is -2.25. The predicted molar refractivity (Wildman–Crippen MR) is 56.3 cm³/mol. The van der Waals surface area contributed by atoms with Crippen LogP contribution in [0.4, 0.5) is 5.95 Å². The fraction of sp³-hybridized carbons (Fsp3) is 0.727. The van der Waals surface area contributed by atoms with Gasteiger partial charge in [0.05, 0.1) is 0 Å². The molecule has 0 aliphatic heterocycles. The zero-order valence-electron chi connectivity index (χ0n) is 8.61. The first-order chi connectivity index (χ1) is 6.83. The zero-order valence-corrected chi connectivity index (χ0v) is 8.61. The molecule has 0 saturated heterocycles. The normalized spacial score (nSPS) is 31.2. The molecule has 2 aliphatic rings. The summed E-state index contributed by atoms with van der Waals surface area (Å²) in [4.78, 5) is 4.38. The van der Waals surface area contributed by atoms with Crippen molar-refractivity contribution in [2.75, 3.05) is 5.32 Å². The van der Waals surface area contributed by atoms with E-state index in [1.165, 1.54) is 25.7 Å². The van der Waals surface area contributed by atoms with E-state index >= 15 is 0 Å². The van der Waals surface area contributed by atoms with Crippen LogP contribution in [-0.4, -0.2) is 15.6 Å². The standard InChI is InChI=1S/C11H17N3/c1-8-6-10(7-8)14-5-4-12-11(14)13-9-2-3-9/h4-5,8-10H,2-3,6-7H2,1H3,(H,12,13). The highest BCUT2D eigenvalue weighted by Crippen LogP contribution is 2.39. The summed E-state index contributed by atoms with van der Waals surface area (Å²) in [6.45, 7) is 2.32. The molecule has 2 saturated carbocycles. The molecular formula is C11H17N3. The molecule has 3 heteroatoms. The molecule has 14 heavy (non-hydrogen) atoms. The molecule has 76 valence electrons. The molecule has 0 aromatic carbocycles. The first-order valence-corrected chi connectivity index (χ1v) is 5.62. The highest BCUT2D eigenvalue weighted by Gasteiger charge is 2.29. The molecule has 0 atom stereocenters. The number of nitrogens with zero attached hydrogens (tertiary/aromatic N) is 2. The third-order valence-electron chi connectivity index (χ3n) is 3.32. The Morgan fingerprint density at radius 1 is 1.43 bits per heavy atom. The summed E-state index contributed by atoms with van der Waals surface area (Å²) in [5.74, 6) is 1.99. The molecule has 1 aromatic heterocycles. The number of anilines is 1. The van der Waals surface area contributed by atoms with E-state index < -0.39 is 0 Å². The summed E-state index contributed by atoms with van der Waals surface area (Å²) in [7, 11) is 0. The Labute approximate surface area is 84.5 Å². The van der Waals surface area contributed by atoms with Gasteiger partial charge in [-0.15, -0.1) is 0 Å². The van der Waals surface area contributed by atoms with E-state index in [-0.39, 0.29) is 0 Å². The molecule has 2 aliphatic carbocycles. The fourth-order valence-electron chi connectivity index (χ4n) is 2.22. The third-order valence-corrected chi connectivity index (χ3v) is 3.32. The number of hydrogen-bond donors (Lipinski definition) is 1. The lowest BCUT2D eigenvalue weighted by Gasteiger charge is -2.34. The van der Waals surface area contributed by atoms with Crippen molar-refractivity contribution in [3.63, 3.8) is 0 Å². The van der Waals surface area contributed by atoms with E-state index in [1.807, 2.05) is 6.20 Å². The molecule has 2 fully saturated rings. The lowest BCUT2D eigenvalue weighted by atomic mass is 9.82. The van der Waals surface area contributed by atoms with E-state index in [9.17, 15) is 0 Å². The van der Waals surface area contributed by atoms with Gasteiger partial charge in [-0.25, -0.2) is 4.98 Å². The van der Waals surface area contributed by atoms with Gasteiger partial charge < -0.3 is 9.88 Å². The Morgan fingerprint density at radius 3 is 2.86 bits per heavy atom. The van der Waals surface area contributed by atoms with Gasteiger partial charge in [0.15, 0.2) is 0 Å². The monoisotopic (exact) mass is 191 g/mol. The van der Waals surface area contributed by atoms with Crippen LogP contribution in [-0.2, 0) is 0 Å². The second-order valence-corrected chi connectivity index (χ2v) is 4.81. The summed E-state index contributed by atoms with van der Waals surface area (Å²) in [5, 5.41) is 3.48. The van der Waals surface area contributed by atoms with Crippen LogP contribution in [0, 0.1) is 5.92 Å². The average molecular weight is 191 g/mol. The smallest absolute Gasteiger partial charge is 0.203 e. The van der Waals surface area contributed by atoms with Crippen LogP contribution in [0.1, 0.15) is 38.6 Å². The Hall–Kier alpha value is -0.990. The predicted octanol–water partition coefficient (Wildman–Crippen LogP) is 2.43. The molecule has 0 bridgehead atoms. The SMILES string of the molecule is CC1CC(n2ccnc2NC2CC2)C1. The van der Waals surface area contributed by atoms with E-state index in [0.29, 0.717) is 12.1 Å². The van der Waals surface area contributed by atoms with Gasteiger partial charge in [0.2, 0.25) is 5.95 Å². The maximum absolute atomic E-state index is 4.38. The van der Waals surface area contributed by atoms with Crippen molar-refractivity contribution < 1.29 is 0 Å². The van der Waals surface area contributed by atoms with E-state index in [2.05, 4.69) is 28.0 Å². The van der Waals surface area contributed by atoms with Gasteiger partial charge >= 0.3 is 0 Å². The van der Waals surface area contributed by atoms with Crippen molar-refractivity contribution in [3.05, 3.63) is 12.4 Å². The number of rotatable bonds is 3. The van der Waals surface area contributed by atoms with Crippen molar-refractivity contribution >= 4 is 5.95 Å². The van der Waals surface area contributed by atoms with E-state index in [0.717, 1.165) is 11.9 Å². The van der Waals surface area contributed by atoms with Crippen LogP contribution < -0.4 is 5.32 Å². The number of hydrogen-bond acceptors (Lipinski definition) is 2. The molecule has 0 unspecified atom stereocenters. The van der Waals surface area contributed by atoms with Crippen molar-refractivity contribution in [2.24, 2.45) is 5.92 Å². The van der Waals surface area contributed by atoms with Crippen LogP contribution in [0.2, 0.25) is 0 Å². The minimum atomic E-state index is 0.702. The van der Waals surface area contributed by atoms with Gasteiger partial charge in [0, 0.05) is 24.5 Å². The first kappa shape index (κ1) is 8.33. The molecule has 0 radical (unpaired) electrons. The van der Waals surface area contributed by atoms with Gasteiger partial charge in [-0.1, -0.05) is 6.92 Å². The minimum Gasteiger partial charge on any atom is -0.353 e. The molecule has 3 nitrogen and oxygen atoms in total. The lowest BCUT2D eigenvalue weighted by molar-refractivity contribution is 0.218. The molecule has 1 heterocycles.